The van der Waals surface area contributed by atoms with Gasteiger partial charge in [-0.05, 0) is 38.5 Å². The van der Waals surface area contributed by atoms with E-state index in [0.717, 1.165) is 64.7 Å². The molecule has 0 spiro atoms. The van der Waals surface area contributed by atoms with E-state index >= 15 is 0 Å². The summed E-state index contributed by atoms with van der Waals surface area (Å²) in [5.41, 5.74) is 0. The first-order chi connectivity index (χ1) is 8.77. The number of nitrogens with zero attached hydrogens (tertiary/aromatic N) is 4. The van der Waals surface area contributed by atoms with Crippen LogP contribution >= 0.6 is 0 Å². The van der Waals surface area contributed by atoms with Crippen LogP contribution in [0.15, 0.2) is 10.2 Å². The number of amides is 4. The van der Waals surface area contributed by atoms with E-state index < -0.39 is 0 Å². The first-order valence-electron chi connectivity index (χ1n) is 6.77. The number of carbonyl (C=O) groups is 2. The summed E-state index contributed by atoms with van der Waals surface area (Å²) >= 11 is 0. The van der Waals surface area contributed by atoms with Crippen molar-refractivity contribution < 1.29 is 9.59 Å². The van der Waals surface area contributed by atoms with Crippen LogP contribution in [-0.2, 0) is 0 Å². The van der Waals surface area contributed by atoms with Gasteiger partial charge >= 0.3 is 12.1 Å². The van der Waals surface area contributed by atoms with Crippen molar-refractivity contribution in [1.82, 2.24) is 9.80 Å². The Morgan fingerprint density at radius 1 is 0.611 bits per heavy atom. The van der Waals surface area contributed by atoms with E-state index in [1.165, 1.54) is 0 Å². The minimum Gasteiger partial charge on any atom is -0.322 e. The van der Waals surface area contributed by atoms with Gasteiger partial charge in [0.2, 0.25) is 0 Å². The predicted molar refractivity (Wildman–Crippen MR) is 66.5 cm³/mol. The molecule has 0 radical (unpaired) electrons. The average Bonchev–Trinajstić information content (AvgIpc) is 2.46. The van der Waals surface area contributed by atoms with Crippen molar-refractivity contribution in [2.24, 2.45) is 10.2 Å². The Bertz CT molecular complexity index is 299. The molecule has 18 heavy (non-hydrogen) atoms. The highest BCUT2D eigenvalue weighted by Gasteiger charge is 2.18. The molecule has 0 aromatic heterocycles. The molecule has 4 amide bonds. The van der Waals surface area contributed by atoms with Crippen LogP contribution in [0.25, 0.3) is 0 Å². The van der Waals surface area contributed by atoms with Gasteiger partial charge in [-0.3, -0.25) is 0 Å². The Morgan fingerprint density at radius 3 is 1.28 bits per heavy atom. The summed E-state index contributed by atoms with van der Waals surface area (Å²) in [6.45, 7) is 2.93. The van der Waals surface area contributed by atoms with Crippen molar-refractivity contribution in [3.05, 3.63) is 0 Å². The minimum atomic E-state index is -0.375. The highest BCUT2D eigenvalue weighted by molar-refractivity contribution is 5.79. The van der Waals surface area contributed by atoms with Gasteiger partial charge in [0.05, 0.1) is 0 Å². The molecule has 6 nitrogen and oxygen atoms in total. The molecule has 0 saturated carbocycles. The molecule has 0 bridgehead atoms. The Balaban J connectivity index is 1.81. The molecule has 0 N–H and O–H groups in total. The third-order valence-electron chi connectivity index (χ3n) is 3.47. The molecule has 100 valence electrons. The van der Waals surface area contributed by atoms with E-state index in [1.54, 1.807) is 9.80 Å². The third-order valence-corrected chi connectivity index (χ3v) is 3.47. The largest absolute Gasteiger partial charge is 0.362 e. The highest BCUT2D eigenvalue weighted by atomic mass is 16.2. The molecule has 2 aliphatic heterocycles. The van der Waals surface area contributed by atoms with Crippen molar-refractivity contribution >= 4 is 12.1 Å². The maximum absolute atomic E-state index is 11.7. The second kappa shape index (κ2) is 6.47. The highest BCUT2D eigenvalue weighted by Crippen LogP contribution is 2.12. The van der Waals surface area contributed by atoms with Gasteiger partial charge in [0.15, 0.2) is 0 Å². The SMILES string of the molecule is O=C(/N=N\C(=O)N1CCCCC1)N1CCCCC1. The molecule has 6 heteroatoms. The molecule has 2 rings (SSSR count). The number of likely N-dealkylation sites (tertiary alicyclic amines) is 2. The maximum Gasteiger partial charge on any atom is 0.362 e. The Kier molecular flexibility index (Phi) is 4.66. The van der Waals surface area contributed by atoms with E-state index in [2.05, 4.69) is 10.2 Å². The summed E-state index contributed by atoms with van der Waals surface area (Å²) in [4.78, 5) is 26.7. The van der Waals surface area contributed by atoms with Gasteiger partial charge in [-0.1, -0.05) is 10.2 Å². The van der Waals surface area contributed by atoms with Gasteiger partial charge in [-0.25, -0.2) is 9.59 Å². The van der Waals surface area contributed by atoms with E-state index in [4.69, 9.17) is 0 Å². The Hall–Kier alpha value is -1.46. The summed E-state index contributed by atoms with van der Waals surface area (Å²) in [7, 11) is 0. The fraction of sp³-hybridized carbons (Fsp3) is 0.833. The normalized spacial score (nSPS) is 21.3. The van der Waals surface area contributed by atoms with Gasteiger partial charge in [0.25, 0.3) is 0 Å². The molecule has 2 fully saturated rings. The quantitative estimate of drug-likeness (QED) is 0.622. The van der Waals surface area contributed by atoms with Crippen LogP contribution < -0.4 is 0 Å². The van der Waals surface area contributed by atoms with Crippen molar-refractivity contribution in [1.29, 1.82) is 0 Å². The number of urea groups is 2. The lowest BCUT2D eigenvalue weighted by molar-refractivity contribution is 0.187. The lowest BCUT2D eigenvalue weighted by atomic mass is 10.1. The van der Waals surface area contributed by atoms with Gasteiger partial charge < -0.3 is 9.80 Å². The number of piperidine rings is 2. The first kappa shape index (κ1) is 13.0. The third kappa shape index (κ3) is 3.51. The van der Waals surface area contributed by atoms with Crippen LogP contribution in [-0.4, -0.2) is 48.0 Å². The monoisotopic (exact) mass is 252 g/mol. The molecule has 0 aromatic rings. The van der Waals surface area contributed by atoms with Gasteiger partial charge in [0.1, 0.15) is 0 Å². The second-order valence-corrected chi connectivity index (χ2v) is 4.86. The van der Waals surface area contributed by atoms with Crippen LogP contribution in [0.5, 0.6) is 0 Å². The number of hydrogen-bond donors (Lipinski definition) is 0. The molecule has 0 unspecified atom stereocenters. The molecule has 0 atom stereocenters. The molecule has 0 aliphatic carbocycles. The van der Waals surface area contributed by atoms with Crippen LogP contribution in [0.1, 0.15) is 38.5 Å². The molecular weight excluding hydrogens is 232 g/mol. The van der Waals surface area contributed by atoms with Crippen molar-refractivity contribution in [2.75, 3.05) is 26.2 Å². The van der Waals surface area contributed by atoms with Crippen LogP contribution in [0.2, 0.25) is 0 Å². The molecule has 2 saturated heterocycles. The number of carbonyl (C=O) groups excluding carboxylic acids is 2. The summed E-state index contributed by atoms with van der Waals surface area (Å²) in [5, 5.41) is 7.09. The topological polar surface area (TPSA) is 65.3 Å². The van der Waals surface area contributed by atoms with Crippen molar-refractivity contribution in [2.45, 2.75) is 38.5 Å². The summed E-state index contributed by atoms with van der Waals surface area (Å²) < 4.78 is 0. The van der Waals surface area contributed by atoms with Gasteiger partial charge in [-0.15, -0.1) is 0 Å². The Labute approximate surface area is 107 Å². The molecule has 0 aromatic carbocycles. The fourth-order valence-corrected chi connectivity index (χ4v) is 2.38. The zero-order valence-corrected chi connectivity index (χ0v) is 10.7. The molecular formula is C12H20N4O2. The second-order valence-electron chi connectivity index (χ2n) is 4.86. The standard InChI is InChI=1S/C12H20N4O2/c17-11(15-7-3-1-4-8-15)13-14-12(18)16-9-5-2-6-10-16/h1-10H2/b14-13-. The zero-order chi connectivity index (χ0) is 12.8. The number of rotatable bonds is 0. The lowest BCUT2D eigenvalue weighted by Crippen LogP contribution is -2.35. The molecule has 2 heterocycles. The van der Waals surface area contributed by atoms with Gasteiger partial charge in [0, 0.05) is 26.2 Å². The van der Waals surface area contributed by atoms with E-state index in [9.17, 15) is 9.59 Å². The van der Waals surface area contributed by atoms with E-state index in [1.807, 2.05) is 0 Å². The van der Waals surface area contributed by atoms with Crippen LogP contribution in [0, 0.1) is 0 Å². The van der Waals surface area contributed by atoms with E-state index in [-0.39, 0.29) is 12.1 Å². The van der Waals surface area contributed by atoms with Crippen molar-refractivity contribution in [3.8, 4) is 0 Å². The lowest BCUT2D eigenvalue weighted by Gasteiger charge is -2.25. The van der Waals surface area contributed by atoms with Crippen LogP contribution in [0.4, 0.5) is 9.59 Å². The number of hydrogen-bond acceptors (Lipinski definition) is 2. The average molecular weight is 252 g/mol. The zero-order valence-electron chi connectivity index (χ0n) is 10.7. The maximum atomic E-state index is 11.7. The number of azo groups is 1. The summed E-state index contributed by atoms with van der Waals surface area (Å²) in [6.07, 6.45) is 6.38. The van der Waals surface area contributed by atoms with E-state index in [0.29, 0.717) is 0 Å². The smallest absolute Gasteiger partial charge is 0.322 e. The fourth-order valence-electron chi connectivity index (χ4n) is 2.38. The minimum absolute atomic E-state index is 0.375. The molecule has 2 aliphatic rings. The Morgan fingerprint density at radius 2 is 0.944 bits per heavy atom. The summed E-state index contributed by atoms with van der Waals surface area (Å²) in [5.74, 6) is 0. The van der Waals surface area contributed by atoms with Gasteiger partial charge in [-0.2, -0.15) is 0 Å². The predicted octanol–water partition coefficient (Wildman–Crippen LogP) is 2.65. The summed E-state index contributed by atoms with van der Waals surface area (Å²) in [6, 6.07) is -0.750. The first-order valence-corrected chi connectivity index (χ1v) is 6.77. The van der Waals surface area contributed by atoms with Crippen molar-refractivity contribution in [3.63, 3.8) is 0 Å². The van der Waals surface area contributed by atoms with Crippen LogP contribution in [0.3, 0.4) is 0 Å².